The van der Waals surface area contributed by atoms with Crippen molar-refractivity contribution in [2.45, 2.75) is 13.8 Å². The van der Waals surface area contributed by atoms with E-state index in [0.29, 0.717) is 0 Å². The standard InChI is InChI=1S/C68H46/c1-43-59(47-22-10-4-11-23-47)60(48-24-12-5-13-25-48)44(2)62-61(43)65(55-37-35-54-38-51-30-18-19-31-52(51)39-58(54)42-55)68-64(50-28-16-7-17-29-50)63(49-26-14-6-15-27-49)66(67(62)68)56-36-33-46-32-34-53(40-57(46)41-56)45-20-8-3-9-21-45/h3-42H,1-2H3. The van der Waals surface area contributed by atoms with Gasteiger partial charge < -0.3 is 0 Å². The van der Waals surface area contributed by atoms with Crippen molar-refractivity contribution in [3.63, 3.8) is 0 Å². The molecule has 13 rings (SSSR count). The maximum atomic E-state index is 2.46. The first kappa shape index (κ1) is 39.8. The largest absolute Gasteiger partial charge is 0.0622 e. The molecule has 0 saturated carbocycles. The van der Waals surface area contributed by atoms with Crippen LogP contribution in [0.2, 0.25) is 0 Å². The number of hydrogen-bond acceptors (Lipinski definition) is 0. The van der Waals surface area contributed by atoms with Gasteiger partial charge in [0.1, 0.15) is 0 Å². The number of allylic oxidation sites excluding steroid dienone is 5. The SMILES string of the molecule is Cc1c2c(c(C)c(-c3ccccc3)c1-c1ccccc1)C(c1ccc3cc4ccccc4cc3c1)=C1C(c3ccccc3)=C(c3ccccc3)C(c3ccc4ccc(-c5ccccc5)cc4c3)=C12. The van der Waals surface area contributed by atoms with Gasteiger partial charge in [0.05, 0.1) is 0 Å². The summed E-state index contributed by atoms with van der Waals surface area (Å²) >= 11 is 0. The van der Waals surface area contributed by atoms with E-state index in [0.717, 1.165) is 0 Å². The second-order valence-electron chi connectivity index (χ2n) is 18.4. The van der Waals surface area contributed by atoms with Crippen LogP contribution in [0.25, 0.3) is 93.6 Å². The van der Waals surface area contributed by atoms with Gasteiger partial charge >= 0.3 is 0 Å². The molecule has 0 heterocycles. The normalized spacial score (nSPS) is 13.3. The predicted molar refractivity (Wildman–Crippen MR) is 290 cm³/mol. The van der Waals surface area contributed by atoms with Crippen molar-refractivity contribution in [3.8, 4) is 33.4 Å². The van der Waals surface area contributed by atoms with E-state index in [4.69, 9.17) is 0 Å². The Kier molecular flexibility index (Phi) is 9.41. The molecule has 0 aromatic heterocycles. The van der Waals surface area contributed by atoms with Crippen LogP contribution in [-0.4, -0.2) is 0 Å². The zero-order chi connectivity index (χ0) is 45.3. The molecule has 0 radical (unpaired) electrons. The summed E-state index contributed by atoms with van der Waals surface area (Å²) in [6.07, 6.45) is 0. The first-order valence-corrected chi connectivity index (χ1v) is 23.7. The lowest BCUT2D eigenvalue weighted by atomic mass is 9.79. The topological polar surface area (TPSA) is 0 Å². The van der Waals surface area contributed by atoms with Crippen LogP contribution in [0.5, 0.6) is 0 Å². The van der Waals surface area contributed by atoms with Crippen molar-refractivity contribution in [3.05, 3.63) is 293 Å². The zero-order valence-corrected chi connectivity index (χ0v) is 38.1. The van der Waals surface area contributed by atoms with Gasteiger partial charge in [-0.1, -0.05) is 212 Å². The van der Waals surface area contributed by atoms with E-state index in [1.807, 2.05) is 0 Å². The lowest BCUT2D eigenvalue weighted by molar-refractivity contribution is 1.34. The monoisotopic (exact) mass is 862 g/mol. The molecule has 2 aliphatic rings. The second kappa shape index (κ2) is 16.1. The molecule has 0 nitrogen and oxygen atoms in total. The quantitative estimate of drug-likeness (QED) is 0.140. The Bertz CT molecular complexity index is 3910. The van der Waals surface area contributed by atoms with Gasteiger partial charge in [-0.3, -0.25) is 0 Å². The highest BCUT2D eigenvalue weighted by Gasteiger charge is 2.43. The summed E-state index contributed by atoms with van der Waals surface area (Å²) < 4.78 is 0. The minimum Gasteiger partial charge on any atom is -0.0622 e. The lowest BCUT2D eigenvalue weighted by Crippen LogP contribution is -2.03. The average Bonchev–Trinajstić information content (AvgIpc) is 3.93. The van der Waals surface area contributed by atoms with Crippen molar-refractivity contribution < 1.29 is 0 Å². The maximum absolute atomic E-state index is 2.46. The van der Waals surface area contributed by atoms with E-state index >= 15 is 0 Å². The van der Waals surface area contributed by atoms with E-state index in [1.165, 1.54) is 144 Å². The molecule has 0 atom stereocenters. The summed E-state index contributed by atoms with van der Waals surface area (Å²) in [5.74, 6) is 0. The fourth-order valence-electron chi connectivity index (χ4n) is 11.5. The van der Waals surface area contributed by atoms with E-state index < -0.39 is 0 Å². The Morgan fingerprint density at radius 2 is 0.515 bits per heavy atom. The third-order valence-corrected chi connectivity index (χ3v) is 14.5. The Morgan fingerprint density at radius 1 is 0.176 bits per heavy atom. The first-order chi connectivity index (χ1) is 33.6. The van der Waals surface area contributed by atoms with Crippen molar-refractivity contribution in [1.82, 2.24) is 0 Å². The summed E-state index contributed by atoms with van der Waals surface area (Å²) in [6, 6.07) is 89.9. The van der Waals surface area contributed by atoms with E-state index in [1.54, 1.807) is 0 Å². The Hall–Kier alpha value is -8.58. The summed E-state index contributed by atoms with van der Waals surface area (Å²) in [7, 11) is 0. The van der Waals surface area contributed by atoms with Crippen LogP contribution in [0, 0.1) is 13.8 Å². The van der Waals surface area contributed by atoms with Gasteiger partial charge in [-0.05, 0) is 188 Å². The van der Waals surface area contributed by atoms with Crippen molar-refractivity contribution in [2.75, 3.05) is 0 Å². The van der Waals surface area contributed by atoms with Crippen LogP contribution >= 0.6 is 0 Å². The summed E-state index contributed by atoms with van der Waals surface area (Å²) in [4.78, 5) is 0. The molecular formula is C68H46. The number of rotatable bonds is 7. The number of benzene rings is 11. The highest BCUT2D eigenvalue weighted by Crippen LogP contribution is 2.64. The van der Waals surface area contributed by atoms with Crippen LogP contribution < -0.4 is 0 Å². The van der Waals surface area contributed by atoms with Crippen LogP contribution in [-0.2, 0) is 0 Å². The molecule has 0 N–H and O–H groups in total. The van der Waals surface area contributed by atoms with E-state index in [9.17, 15) is 0 Å². The highest BCUT2D eigenvalue weighted by atomic mass is 14.4. The molecule has 0 amide bonds. The molecule has 0 bridgehead atoms. The van der Waals surface area contributed by atoms with Gasteiger partial charge in [0.2, 0.25) is 0 Å². The summed E-state index contributed by atoms with van der Waals surface area (Å²) in [6.45, 7) is 4.77. The number of hydrogen-bond donors (Lipinski definition) is 0. The van der Waals surface area contributed by atoms with Gasteiger partial charge in [-0.15, -0.1) is 0 Å². The van der Waals surface area contributed by atoms with Crippen LogP contribution in [0.4, 0.5) is 0 Å². The third-order valence-electron chi connectivity index (χ3n) is 14.5. The van der Waals surface area contributed by atoms with Crippen molar-refractivity contribution in [1.29, 1.82) is 0 Å². The fourth-order valence-corrected chi connectivity index (χ4v) is 11.5. The molecule has 0 saturated heterocycles. The first-order valence-electron chi connectivity index (χ1n) is 23.7. The molecule has 318 valence electrons. The predicted octanol–water partition coefficient (Wildman–Crippen LogP) is 18.1. The molecule has 0 fully saturated rings. The third kappa shape index (κ3) is 6.37. The molecule has 0 aliphatic heterocycles. The molecule has 0 spiro atoms. The molecule has 11 aromatic carbocycles. The molecule has 0 unspecified atom stereocenters. The van der Waals surface area contributed by atoms with Crippen molar-refractivity contribution in [2.24, 2.45) is 0 Å². The smallest absolute Gasteiger partial charge is 0.000117 e. The fraction of sp³-hybridized carbons (Fsp3) is 0.0294. The Labute approximate surface area is 398 Å². The van der Waals surface area contributed by atoms with E-state index in [-0.39, 0.29) is 0 Å². The molecule has 68 heavy (non-hydrogen) atoms. The van der Waals surface area contributed by atoms with Gasteiger partial charge in [-0.2, -0.15) is 0 Å². The van der Waals surface area contributed by atoms with Gasteiger partial charge in [0.15, 0.2) is 0 Å². The summed E-state index contributed by atoms with van der Waals surface area (Å²) in [5, 5.41) is 7.43. The molecule has 2 aliphatic carbocycles. The van der Waals surface area contributed by atoms with Crippen molar-refractivity contribution >= 4 is 60.2 Å². The van der Waals surface area contributed by atoms with Crippen LogP contribution in [0.3, 0.4) is 0 Å². The summed E-state index contributed by atoms with van der Waals surface area (Å²) in [5.41, 5.74) is 25.2. The van der Waals surface area contributed by atoms with Gasteiger partial charge in [0.25, 0.3) is 0 Å². The Morgan fingerprint density at radius 3 is 1.04 bits per heavy atom. The minimum atomic E-state index is 1.21. The molecule has 11 aromatic rings. The van der Waals surface area contributed by atoms with Crippen LogP contribution in [0.1, 0.15) is 44.5 Å². The van der Waals surface area contributed by atoms with E-state index in [2.05, 4.69) is 257 Å². The lowest BCUT2D eigenvalue weighted by Gasteiger charge is -2.24. The minimum absolute atomic E-state index is 1.21. The maximum Gasteiger partial charge on any atom is -0.000117 e. The zero-order valence-electron chi connectivity index (χ0n) is 38.1. The molecular weight excluding hydrogens is 817 g/mol. The van der Waals surface area contributed by atoms with Gasteiger partial charge in [-0.25, -0.2) is 0 Å². The average molecular weight is 863 g/mol. The molecule has 0 heteroatoms. The highest BCUT2D eigenvalue weighted by molar-refractivity contribution is 6.40. The number of fused-ring (bicyclic) bond motifs is 6. The Balaban J connectivity index is 1.22. The van der Waals surface area contributed by atoms with Gasteiger partial charge in [0, 0.05) is 0 Å². The van der Waals surface area contributed by atoms with Crippen LogP contribution in [0.15, 0.2) is 248 Å². The second-order valence-corrected chi connectivity index (χ2v) is 18.4.